The highest BCUT2D eigenvalue weighted by atomic mass is 32.2. The summed E-state index contributed by atoms with van der Waals surface area (Å²) in [5.74, 6) is 0.409. The maximum Gasteiger partial charge on any atom is 0.251 e. The maximum atomic E-state index is 14.3. The number of sulfone groups is 1. The van der Waals surface area contributed by atoms with E-state index in [0.717, 1.165) is 30.2 Å². The number of hydrogen-bond donors (Lipinski definition) is 3. The number of hydrogen-bond acceptors (Lipinski definition) is 7. The molecule has 7 rings (SSSR count). The molecule has 9 nitrogen and oxygen atoms in total. The van der Waals surface area contributed by atoms with Crippen molar-refractivity contribution in [2.75, 3.05) is 19.3 Å². The van der Waals surface area contributed by atoms with Crippen LogP contribution in [0.15, 0.2) is 41.3 Å². The van der Waals surface area contributed by atoms with E-state index in [-0.39, 0.29) is 16.6 Å². The third-order valence-corrected chi connectivity index (χ3v) is 11.0. The molecular weight excluding hydrogens is 508 g/mol. The predicted octanol–water partition coefficient (Wildman–Crippen LogP) is 2.17. The van der Waals surface area contributed by atoms with Gasteiger partial charge in [-0.15, -0.1) is 0 Å². The number of nitrogens with one attached hydrogen (secondary N) is 1. The van der Waals surface area contributed by atoms with Crippen LogP contribution in [-0.4, -0.2) is 72.3 Å². The van der Waals surface area contributed by atoms with Crippen molar-refractivity contribution in [2.45, 2.75) is 72.6 Å². The Hall–Kier alpha value is -2.66. The number of nitrogens with zero attached hydrogens (tertiary/aromatic N) is 1. The van der Waals surface area contributed by atoms with Gasteiger partial charge in [-0.05, 0) is 61.6 Å². The number of aromatic hydroxyl groups is 1. The van der Waals surface area contributed by atoms with Crippen LogP contribution in [0.2, 0.25) is 0 Å². The molecule has 0 radical (unpaired) electrons. The van der Waals surface area contributed by atoms with Crippen molar-refractivity contribution in [3.8, 4) is 11.5 Å². The number of likely N-dealkylation sites (tertiary alicyclic amines) is 1. The molecule has 2 heterocycles. The zero-order chi connectivity index (χ0) is 26.7. The Balaban J connectivity index is 1.26. The third-order valence-electron chi connectivity index (χ3n) is 9.92. The quantitative estimate of drug-likeness (QED) is 0.391. The standard InChI is InChI=1S/C28H32N2O7S/c1-38(35,36)19-7-4-17(5-8-19)26(32)29-20-10-11-28(33)22-14-18-6-9-21(31)24-23(18)27(28,25(20)37-24)12-13-30(22,34)15-16-2-3-16/h4-9,16,20,22,25,31,33H,2-3,10-15H2,1H3,(H,29,32)/t20-,22-,25+,27?,28-,30?/m1/s1. The van der Waals surface area contributed by atoms with E-state index < -0.39 is 43.7 Å². The van der Waals surface area contributed by atoms with E-state index >= 15 is 0 Å². The molecule has 3 aliphatic carbocycles. The second-order valence-electron chi connectivity index (χ2n) is 12.1. The van der Waals surface area contributed by atoms with E-state index in [9.17, 15) is 28.6 Å². The Labute approximate surface area is 221 Å². The van der Waals surface area contributed by atoms with Crippen molar-refractivity contribution in [3.63, 3.8) is 0 Å². The smallest absolute Gasteiger partial charge is 0.251 e. The Morgan fingerprint density at radius 3 is 2.58 bits per heavy atom. The van der Waals surface area contributed by atoms with E-state index in [1.807, 2.05) is 6.07 Å². The maximum absolute atomic E-state index is 14.3. The van der Waals surface area contributed by atoms with E-state index in [4.69, 9.17) is 4.74 Å². The molecule has 2 aliphatic heterocycles. The van der Waals surface area contributed by atoms with Crippen LogP contribution in [0.1, 0.15) is 53.6 Å². The average molecular weight is 541 g/mol. The molecule has 2 unspecified atom stereocenters. The van der Waals surface area contributed by atoms with Crippen molar-refractivity contribution in [1.29, 1.82) is 0 Å². The number of carbonyl (C=O) groups excluding carboxylic acids is 1. The van der Waals surface area contributed by atoms with Gasteiger partial charge in [-0.25, -0.2) is 8.42 Å². The van der Waals surface area contributed by atoms with Crippen LogP contribution in [0, 0.1) is 11.1 Å². The first-order valence-electron chi connectivity index (χ1n) is 13.4. The summed E-state index contributed by atoms with van der Waals surface area (Å²) in [6.45, 7) is 0.893. The van der Waals surface area contributed by atoms with Crippen LogP contribution >= 0.6 is 0 Å². The molecule has 0 aromatic heterocycles. The lowest BCUT2D eigenvalue weighted by atomic mass is 9.48. The van der Waals surface area contributed by atoms with Gasteiger partial charge in [-0.1, -0.05) is 6.07 Å². The number of piperidine rings is 1. The summed E-state index contributed by atoms with van der Waals surface area (Å²) in [4.78, 5) is 13.4. The highest BCUT2D eigenvalue weighted by Gasteiger charge is 2.76. The molecule has 1 amide bonds. The van der Waals surface area contributed by atoms with Gasteiger partial charge in [0.25, 0.3) is 5.91 Å². The van der Waals surface area contributed by atoms with Crippen LogP contribution < -0.4 is 10.1 Å². The molecular formula is C28H32N2O7S. The van der Waals surface area contributed by atoms with Crippen molar-refractivity contribution < 1.29 is 32.8 Å². The van der Waals surface area contributed by atoms with Gasteiger partial charge in [0, 0.05) is 36.1 Å². The fourth-order valence-electron chi connectivity index (χ4n) is 8.01. The average Bonchev–Trinajstić information content (AvgIpc) is 3.60. The van der Waals surface area contributed by atoms with Crippen LogP contribution in [0.3, 0.4) is 0 Å². The van der Waals surface area contributed by atoms with Crippen LogP contribution in [0.5, 0.6) is 11.5 Å². The normalized spacial score (nSPS) is 36.8. The zero-order valence-electron chi connectivity index (χ0n) is 21.2. The Morgan fingerprint density at radius 1 is 1.16 bits per heavy atom. The summed E-state index contributed by atoms with van der Waals surface area (Å²) in [6, 6.07) is 8.25. The molecule has 2 aromatic carbocycles. The van der Waals surface area contributed by atoms with Crippen molar-refractivity contribution in [3.05, 3.63) is 58.3 Å². The fourth-order valence-corrected chi connectivity index (χ4v) is 8.64. The van der Waals surface area contributed by atoms with Gasteiger partial charge in [-0.3, -0.25) is 4.79 Å². The Morgan fingerprint density at radius 2 is 1.89 bits per heavy atom. The highest BCUT2D eigenvalue weighted by molar-refractivity contribution is 7.90. The molecule has 5 aliphatic rings. The molecule has 202 valence electrons. The fraction of sp³-hybridized carbons (Fsp3) is 0.536. The lowest BCUT2D eigenvalue weighted by Crippen LogP contribution is -2.81. The topological polar surface area (TPSA) is 136 Å². The molecule has 2 bridgehead atoms. The number of phenols is 1. The van der Waals surface area contributed by atoms with Crippen molar-refractivity contribution in [2.24, 2.45) is 5.92 Å². The van der Waals surface area contributed by atoms with Crippen LogP contribution in [-0.2, 0) is 21.7 Å². The van der Waals surface area contributed by atoms with Gasteiger partial charge in [0.2, 0.25) is 0 Å². The lowest BCUT2D eigenvalue weighted by Gasteiger charge is -2.68. The number of benzene rings is 2. The Bertz CT molecular complexity index is 1460. The lowest BCUT2D eigenvalue weighted by molar-refractivity contribution is -0.924. The van der Waals surface area contributed by atoms with Crippen LogP contribution in [0.4, 0.5) is 0 Å². The first kappa shape index (κ1) is 24.4. The third kappa shape index (κ3) is 3.20. The van der Waals surface area contributed by atoms with Crippen LogP contribution in [0.25, 0.3) is 0 Å². The van der Waals surface area contributed by atoms with Crippen molar-refractivity contribution in [1.82, 2.24) is 5.32 Å². The van der Waals surface area contributed by atoms with E-state index in [1.165, 1.54) is 24.3 Å². The summed E-state index contributed by atoms with van der Waals surface area (Å²) in [7, 11) is -3.38. The molecule has 6 atom stereocenters. The Kier molecular flexibility index (Phi) is 4.95. The van der Waals surface area contributed by atoms with Gasteiger partial charge in [-0.2, -0.15) is 0 Å². The summed E-state index contributed by atoms with van der Waals surface area (Å²) in [5, 5.41) is 40.6. The largest absolute Gasteiger partial charge is 0.632 e. The highest BCUT2D eigenvalue weighted by Crippen LogP contribution is 2.66. The SMILES string of the molecule is CS(=O)(=O)c1ccc(C(=O)N[C@@H]2CC[C@@]3(O)[C@H]4Cc5ccc(O)c6c5C3(CC[N+]4([O-])CC3CC3)[C@H]2O6)cc1. The first-order chi connectivity index (χ1) is 18.0. The molecule has 1 saturated heterocycles. The van der Waals surface area contributed by atoms with Gasteiger partial charge < -0.3 is 30.1 Å². The minimum atomic E-state index is -3.38. The second kappa shape index (κ2) is 7.71. The summed E-state index contributed by atoms with van der Waals surface area (Å²) in [5.41, 5.74) is -0.148. The minimum absolute atomic E-state index is 0.00111. The molecule has 10 heteroatoms. The summed E-state index contributed by atoms with van der Waals surface area (Å²) >= 11 is 0. The number of ether oxygens (including phenoxy) is 1. The summed E-state index contributed by atoms with van der Waals surface area (Å²) < 4.78 is 29.7. The number of rotatable bonds is 5. The van der Waals surface area contributed by atoms with Gasteiger partial charge >= 0.3 is 0 Å². The van der Waals surface area contributed by atoms with E-state index in [2.05, 4.69) is 5.32 Å². The number of phenolic OH excluding ortho intramolecular Hbond substituents is 1. The number of carbonyl (C=O) groups is 1. The van der Waals surface area contributed by atoms with Crippen molar-refractivity contribution >= 4 is 15.7 Å². The minimum Gasteiger partial charge on any atom is -0.632 e. The number of quaternary nitrogens is 1. The molecule has 38 heavy (non-hydrogen) atoms. The predicted molar refractivity (Wildman–Crippen MR) is 137 cm³/mol. The second-order valence-corrected chi connectivity index (χ2v) is 14.1. The van der Waals surface area contributed by atoms with E-state index in [1.54, 1.807) is 6.07 Å². The summed E-state index contributed by atoms with van der Waals surface area (Å²) in [6.07, 6.45) is 4.23. The molecule has 1 spiro atoms. The van der Waals surface area contributed by atoms with Gasteiger partial charge in [0.15, 0.2) is 21.3 Å². The molecule has 2 aromatic rings. The number of aliphatic hydroxyl groups is 1. The van der Waals surface area contributed by atoms with E-state index in [0.29, 0.717) is 56.0 Å². The number of amides is 1. The number of hydroxylamine groups is 3. The molecule has 3 fully saturated rings. The zero-order valence-corrected chi connectivity index (χ0v) is 22.0. The molecule has 2 saturated carbocycles. The molecule has 3 N–H and O–H groups in total. The van der Waals surface area contributed by atoms with Gasteiger partial charge in [0.1, 0.15) is 17.7 Å². The van der Waals surface area contributed by atoms with Gasteiger partial charge in [0.05, 0.1) is 29.4 Å². The first-order valence-corrected chi connectivity index (χ1v) is 15.3. The monoisotopic (exact) mass is 540 g/mol.